The van der Waals surface area contributed by atoms with Crippen molar-refractivity contribution in [3.8, 4) is 11.5 Å². The molecule has 0 aromatic heterocycles. The number of nitrogens with one attached hydrogen (secondary N) is 1. The van der Waals surface area contributed by atoms with Gasteiger partial charge in [-0.3, -0.25) is 9.78 Å². The lowest BCUT2D eigenvalue weighted by molar-refractivity contribution is 0.649. The Morgan fingerprint density at radius 3 is 2.42 bits per heavy atom. The van der Waals surface area contributed by atoms with Crippen molar-refractivity contribution in [2.75, 3.05) is 19.0 Å². The predicted octanol–water partition coefficient (Wildman–Crippen LogP) is 3.62. The lowest BCUT2D eigenvalue weighted by Gasteiger charge is -2.21. The molecule has 0 saturated heterocycles. The van der Waals surface area contributed by atoms with Crippen molar-refractivity contribution in [3.05, 3.63) is 74.4 Å². The summed E-state index contributed by atoms with van der Waals surface area (Å²) in [6.45, 7) is 6.64. The molecule has 7 heteroatoms. The first-order valence-corrected chi connectivity index (χ1v) is 10.6. The van der Waals surface area contributed by atoms with E-state index in [9.17, 15) is 9.59 Å². The van der Waals surface area contributed by atoms with Gasteiger partial charge < -0.3 is 9.47 Å². The number of hydrogen-bond acceptors (Lipinski definition) is 5. The summed E-state index contributed by atoms with van der Waals surface area (Å²) in [5, 5.41) is 0. The lowest BCUT2D eigenvalue weighted by Crippen LogP contribution is -2.29. The van der Waals surface area contributed by atoms with Gasteiger partial charge in [0.15, 0.2) is 11.5 Å². The average Bonchev–Trinajstić information content (AvgIpc) is 2.75. The number of aromatic amines is 1. The number of anilines is 1. The van der Waals surface area contributed by atoms with Gasteiger partial charge in [-0.05, 0) is 43.0 Å². The van der Waals surface area contributed by atoms with Gasteiger partial charge in [0.2, 0.25) is 0 Å². The van der Waals surface area contributed by atoms with E-state index in [1.165, 1.54) is 5.56 Å². The number of benzene rings is 2. The Hall–Kier alpha value is -3.48. The largest absolute Gasteiger partial charge is 0.377 e. The third-order valence-corrected chi connectivity index (χ3v) is 5.10. The van der Waals surface area contributed by atoms with Crippen LogP contribution in [0, 0.1) is 6.92 Å². The summed E-state index contributed by atoms with van der Waals surface area (Å²) in [7, 11) is 3.97. The second-order valence-electron chi connectivity index (χ2n) is 7.42. The van der Waals surface area contributed by atoms with E-state index in [2.05, 4.69) is 27.1 Å². The second-order valence-corrected chi connectivity index (χ2v) is 7.42. The molecule has 4 rings (SSSR count). The minimum Gasteiger partial charge on any atom is -0.377 e. The fraction of sp³-hybridized carbons (Fsp3) is 0.333. The number of nitrogens with zero attached hydrogens (tertiary/aromatic N) is 4. The molecule has 2 heterocycles. The minimum atomic E-state index is -0.652. The van der Waals surface area contributed by atoms with Gasteiger partial charge in [0.1, 0.15) is 0 Å². The SMILES string of the molecule is CC.Cc1cc2nc3c(=O)[nH]c(=O)nc-3n(CCCc3ccccc3)c2cc1N(C)C. The molecular weight excluding hydrogens is 390 g/mol. The van der Waals surface area contributed by atoms with Crippen LogP contribution in [0.3, 0.4) is 0 Å². The molecule has 7 nitrogen and oxygen atoms in total. The van der Waals surface area contributed by atoms with E-state index in [-0.39, 0.29) is 5.69 Å². The lowest BCUT2D eigenvalue weighted by atomic mass is 10.1. The molecule has 2 aromatic rings. The molecule has 0 fully saturated rings. The Kier molecular flexibility index (Phi) is 6.84. The maximum Gasteiger partial charge on any atom is 0.349 e. The highest BCUT2D eigenvalue weighted by Crippen LogP contribution is 2.28. The summed E-state index contributed by atoms with van der Waals surface area (Å²) in [4.78, 5) is 37.1. The molecule has 2 aliphatic rings. The molecule has 1 N–H and O–H groups in total. The van der Waals surface area contributed by atoms with Gasteiger partial charge in [-0.2, -0.15) is 4.98 Å². The molecular formula is C24H29N5O2. The number of H-pyrrole nitrogens is 1. The smallest absolute Gasteiger partial charge is 0.349 e. The van der Waals surface area contributed by atoms with Gasteiger partial charge in [0.05, 0.1) is 11.0 Å². The fourth-order valence-electron chi connectivity index (χ4n) is 3.73. The van der Waals surface area contributed by atoms with Gasteiger partial charge in [-0.15, -0.1) is 0 Å². The van der Waals surface area contributed by atoms with E-state index >= 15 is 0 Å². The van der Waals surface area contributed by atoms with Gasteiger partial charge in [-0.25, -0.2) is 9.78 Å². The molecule has 0 atom stereocenters. The summed E-state index contributed by atoms with van der Waals surface area (Å²) in [5.74, 6) is 0.327. The fourth-order valence-corrected chi connectivity index (χ4v) is 3.73. The van der Waals surface area contributed by atoms with Crippen molar-refractivity contribution in [2.24, 2.45) is 0 Å². The molecule has 0 radical (unpaired) electrons. The monoisotopic (exact) mass is 419 g/mol. The standard InChI is InChI=1S/C22H23N5O2.C2H6/c1-14-12-16-18(13-17(14)26(2)3)27(11-7-10-15-8-5-4-6-9-15)20-19(23-16)21(28)25-22(29)24-20;1-2/h4-6,8-9,12-13H,7,10-11H2,1-3H3,(H,25,28,29);1-2H3. The molecule has 0 unspecified atom stereocenters. The zero-order chi connectivity index (χ0) is 22.5. The van der Waals surface area contributed by atoms with Crippen LogP contribution < -0.4 is 16.1 Å². The number of rotatable bonds is 5. The van der Waals surface area contributed by atoms with Crippen LogP contribution in [0.1, 0.15) is 31.4 Å². The van der Waals surface area contributed by atoms with Crippen LogP contribution in [0.4, 0.5) is 5.69 Å². The Morgan fingerprint density at radius 1 is 1.03 bits per heavy atom. The topological polar surface area (TPSA) is 83.9 Å². The third-order valence-electron chi connectivity index (χ3n) is 5.10. The molecule has 0 aliphatic carbocycles. The van der Waals surface area contributed by atoms with Crippen molar-refractivity contribution in [3.63, 3.8) is 0 Å². The zero-order valence-electron chi connectivity index (χ0n) is 18.8. The van der Waals surface area contributed by atoms with Crippen LogP contribution in [0.25, 0.3) is 22.6 Å². The molecule has 31 heavy (non-hydrogen) atoms. The van der Waals surface area contributed by atoms with Crippen molar-refractivity contribution in [2.45, 2.75) is 40.2 Å². The second kappa shape index (κ2) is 9.55. The summed E-state index contributed by atoms with van der Waals surface area (Å²) >= 11 is 0. The summed E-state index contributed by atoms with van der Waals surface area (Å²) in [6.07, 6.45) is 1.73. The van der Waals surface area contributed by atoms with Crippen LogP contribution in [0.15, 0.2) is 52.1 Å². The normalized spacial score (nSPS) is 10.7. The number of aromatic nitrogens is 4. The van der Waals surface area contributed by atoms with E-state index in [1.54, 1.807) is 0 Å². The first-order chi connectivity index (χ1) is 14.9. The molecule has 162 valence electrons. The maximum atomic E-state index is 12.4. The van der Waals surface area contributed by atoms with Crippen molar-refractivity contribution >= 4 is 16.7 Å². The Balaban J connectivity index is 0.00000132. The number of aryl methyl sites for hydroxylation is 3. The van der Waals surface area contributed by atoms with Gasteiger partial charge in [-0.1, -0.05) is 44.2 Å². The molecule has 0 bridgehead atoms. The van der Waals surface area contributed by atoms with E-state index < -0.39 is 11.2 Å². The van der Waals surface area contributed by atoms with E-state index in [4.69, 9.17) is 0 Å². The van der Waals surface area contributed by atoms with E-state index in [0.29, 0.717) is 17.9 Å². The molecule has 0 spiro atoms. The molecule has 2 aliphatic heterocycles. The molecule has 0 saturated carbocycles. The first-order valence-electron chi connectivity index (χ1n) is 10.6. The van der Waals surface area contributed by atoms with Crippen LogP contribution in [0.2, 0.25) is 0 Å². The number of hydrogen-bond donors (Lipinski definition) is 1. The first kappa shape index (κ1) is 22.2. The summed E-state index contributed by atoms with van der Waals surface area (Å²) in [5.41, 5.74) is 3.97. The highest BCUT2D eigenvalue weighted by atomic mass is 16.2. The van der Waals surface area contributed by atoms with Gasteiger partial charge in [0, 0.05) is 26.3 Å². The predicted molar refractivity (Wildman–Crippen MR) is 126 cm³/mol. The van der Waals surface area contributed by atoms with Crippen molar-refractivity contribution < 1.29 is 0 Å². The quantitative estimate of drug-likeness (QED) is 0.500. The number of fused-ring (bicyclic) bond motifs is 2. The van der Waals surface area contributed by atoms with E-state index in [0.717, 1.165) is 29.6 Å². The Bertz CT molecular complexity index is 1260. The van der Waals surface area contributed by atoms with E-state index in [1.807, 2.05) is 74.7 Å². The maximum absolute atomic E-state index is 12.4. The highest BCUT2D eigenvalue weighted by Gasteiger charge is 2.19. The summed E-state index contributed by atoms with van der Waals surface area (Å²) < 4.78 is 1.95. The Morgan fingerprint density at radius 2 is 1.74 bits per heavy atom. The average molecular weight is 420 g/mol. The third kappa shape index (κ3) is 4.66. The molecule has 2 aromatic carbocycles. The van der Waals surface area contributed by atoms with Crippen LogP contribution in [-0.2, 0) is 13.0 Å². The van der Waals surface area contributed by atoms with Crippen molar-refractivity contribution in [1.82, 2.24) is 19.5 Å². The highest BCUT2D eigenvalue weighted by molar-refractivity contribution is 5.84. The van der Waals surface area contributed by atoms with Crippen LogP contribution in [0.5, 0.6) is 0 Å². The van der Waals surface area contributed by atoms with Crippen molar-refractivity contribution in [1.29, 1.82) is 0 Å². The van der Waals surface area contributed by atoms with Crippen LogP contribution >= 0.6 is 0 Å². The van der Waals surface area contributed by atoms with Crippen LogP contribution in [-0.4, -0.2) is 33.6 Å². The minimum absolute atomic E-state index is 0.189. The zero-order valence-corrected chi connectivity index (χ0v) is 18.8. The van der Waals surface area contributed by atoms with Gasteiger partial charge >= 0.3 is 5.69 Å². The molecule has 0 amide bonds. The van der Waals surface area contributed by atoms with Gasteiger partial charge in [0.25, 0.3) is 5.56 Å². The summed E-state index contributed by atoms with van der Waals surface area (Å²) in [6, 6.07) is 14.3. The Labute approximate surface area is 181 Å².